The summed E-state index contributed by atoms with van der Waals surface area (Å²) in [5.41, 5.74) is 4.62. The molecule has 0 amide bonds. The number of nitrogens with one attached hydrogen (secondary N) is 2. The van der Waals surface area contributed by atoms with Crippen molar-refractivity contribution >= 4 is 16.7 Å². The predicted octanol–water partition coefficient (Wildman–Crippen LogP) is 3.56. The maximum absolute atomic E-state index is 4.60. The Morgan fingerprint density at radius 2 is 1.67 bits per heavy atom. The summed E-state index contributed by atoms with van der Waals surface area (Å²) in [6.45, 7) is 9.07. The molecule has 2 N–H and O–H groups in total. The predicted molar refractivity (Wildman–Crippen MR) is 130 cm³/mol. The molecule has 0 radical (unpaired) electrons. The fourth-order valence-electron chi connectivity index (χ4n) is 5.33. The Hall–Kier alpha value is -3.33. The summed E-state index contributed by atoms with van der Waals surface area (Å²) in [6, 6.07) is 8.56. The molecule has 0 bridgehead atoms. The molecule has 33 heavy (non-hydrogen) atoms. The highest BCUT2D eigenvalue weighted by Gasteiger charge is 2.39. The summed E-state index contributed by atoms with van der Waals surface area (Å²) in [4.78, 5) is 3.82. The third-order valence-corrected chi connectivity index (χ3v) is 6.50. The van der Waals surface area contributed by atoms with Crippen LogP contribution in [0.3, 0.4) is 0 Å². The van der Waals surface area contributed by atoms with Crippen LogP contribution in [0.2, 0.25) is 0 Å². The Morgan fingerprint density at radius 1 is 0.939 bits per heavy atom. The zero-order valence-electron chi connectivity index (χ0n) is 20.1. The SMILES string of the molecule is CN(c1ccc(-c2ccc(-c3cnn(C)n3)c3cn[nH]c23)nn1)C1CC(C)(C)NC(C)(C)C1. The first kappa shape index (κ1) is 21.5. The second-order valence-corrected chi connectivity index (χ2v) is 10.4. The first-order chi connectivity index (χ1) is 15.6. The van der Waals surface area contributed by atoms with Crippen molar-refractivity contribution < 1.29 is 0 Å². The summed E-state index contributed by atoms with van der Waals surface area (Å²) < 4.78 is 0. The lowest BCUT2D eigenvalue weighted by Gasteiger charge is -2.49. The van der Waals surface area contributed by atoms with Crippen LogP contribution < -0.4 is 10.2 Å². The Kier molecular flexibility index (Phi) is 4.97. The molecule has 9 nitrogen and oxygen atoms in total. The Morgan fingerprint density at radius 3 is 2.30 bits per heavy atom. The molecule has 0 aliphatic carbocycles. The molecule has 1 aromatic carbocycles. The minimum Gasteiger partial charge on any atom is -0.355 e. The van der Waals surface area contributed by atoms with E-state index >= 15 is 0 Å². The highest BCUT2D eigenvalue weighted by Crippen LogP contribution is 2.35. The van der Waals surface area contributed by atoms with E-state index in [0.29, 0.717) is 6.04 Å². The maximum atomic E-state index is 4.60. The third kappa shape index (κ3) is 4.08. The number of H-pyrrole nitrogens is 1. The number of nitrogens with zero attached hydrogens (tertiary/aromatic N) is 7. The highest BCUT2D eigenvalue weighted by molar-refractivity contribution is 6.01. The van der Waals surface area contributed by atoms with Gasteiger partial charge in [-0.25, -0.2) is 0 Å². The maximum Gasteiger partial charge on any atom is 0.151 e. The molecule has 4 aromatic rings. The first-order valence-corrected chi connectivity index (χ1v) is 11.3. The lowest BCUT2D eigenvalue weighted by Crippen LogP contribution is -2.62. The van der Waals surface area contributed by atoms with Gasteiger partial charge in [-0.3, -0.25) is 5.10 Å². The lowest BCUT2D eigenvalue weighted by molar-refractivity contribution is 0.160. The van der Waals surface area contributed by atoms with Gasteiger partial charge < -0.3 is 10.2 Å². The fourth-order valence-corrected chi connectivity index (χ4v) is 5.33. The van der Waals surface area contributed by atoms with E-state index in [0.717, 1.165) is 52.1 Å². The Bertz CT molecular complexity index is 1270. The average Bonchev–Trinajstić information content (AvgIpc) is 3.40. The van der Waals surface area contributed by atoms with Crippen LogP contribution in [0.4, 0.5) is 5.82 Å². The highest BCUT2D eigenvalue weighted by atomic mass is 15.4. The molecule has 9 heteroatoms. The number of hydrogen-bond donors (Lipinski definition) is 2. The largest absolute Gasteiger partial charge is 0.355 e. The minimum absolute atomic E-state index is 0.0745. The molecule has 4 heterocycles. The van der Waals surface area contributed by atoms with E-state index in [2.05, 4.69) is 81.6 Å². The molecule has 172 valence electrons. The van der Waals surface area contributed by atoms with Gasteiger partial charge in [0, 0.05) is 47.7 Å². The van der Waals surface area contributed by atoms with Gasteiger partial charge in [-0.05, 0) is 58.7 Å². The second-order valence-electron chi connectivity index (χ2n) is 10.4. The normalized spacial score (nSPS) is 18.0. The number of piperidine rings is 1. The molecular formula is C24H31N9. The minimum atomic E-state index is 0.0745. The molecule has 1 saturated heterocycles. The summed E-state index contributed by atoms with van der Waals surface area (Å²) >= 11 is 0. The van der Waals surface area contributed by atoms with Gasteiger partial charge in [0.25, 0.3) is 0 Å². The zero-order chi connectivity index (χ0) is 23.4. The van der Waals surface area contributed by atoms with E-state index in [1.54, 1.807) is 11.0 Å². The molecule has 1 fully saturated rings. The van der Waals surface area contributed by atoms with Gasteiger partial charge in [0.1, 0.15) is 5.69 Å². The fraction of sp³-hybridized carbons (Fsp3) is 0.458. The first-order valence-electron chi connectivity index (χ1n) is 11.3. The van der Waals surface area contributed by atoms with E-state index in [1.807, 2.05) is 31.4 Å². The van der Waals surface area contributed by atoms with Gasteiger partial charge in [0.15, 0.2) is 5.82 Å². The van der Waals surface area contributed by atoms with Crippen LogP contribution in [0.1, 0.15) is 40.5 Å². The van der Waals surface area contributed by atoms with Gasteiger partial charge in [-0.1, -0.05) is 6.07 Å². The van der Waals surface area contributed by atoms with Crippen molar-refractivity contribution in [3.8, 4) is 22.5 Å². The van der Waals surface area contributed by atoms with E-state index in [9.17, 15) is 0 Å². The number of benzene rings is 1. The monoisotopic (exact) mass is 445 g/mol. The van der Waals surface area contributed by atoms with Crippen LogP contribution in [0.15, 0.2) is 36.7 Å². The molecule has 5 rings (SSSR count). The van der Waals surface area contributed by atoms with Gasteiger partial charge in [-0.15, -0.1) is 10.2 Å². The number of aryl methyl sites for hydroxylation is 1. The van der Waals surface area contributed by atoms with Crippen molar-refractivity contribution in [1.82, 2.24) is 40.7 Å². The van der Waals surface area contributed by atoms with Crippen molar-refractivity contribution in [2.75, 3.05) is 11.9 Å². The van der Waals surface area contributed by atoms with Crippen LogP contribution in [0.5, 0.6) is 0 Å². The molecule has 1 aliphatic heterocycles. The molecule has 0 saturated carbocycles. The topological polar surface area (TPSA) is 100 Å². The number of hydrogen-bond acceptors (Lipinski definition) is 7. The molecule has 0 unspecified atom stereocenters. The van der Waals surface area contributed by atoms with Crippen molar-refractivity contribution in [3.05, 3.63) is 36.7 Å². The number of aromatic amines is 1. The Labute approximate surface area is 193 Å². The van der Waals surface area contributed by atoms with Gasteiger partial charge >= 0.3 is 0 Å². The van der Waals surface area contributed by atoms with Gasteiger partial charge in [0.05, 0.1) is 23.6 Å². The number of aromatic nitrogens is 7. The molecule has 3 aromatic heterocycles. The number of anilines is 1. The van der Waals surface area contributed by atoms with Crippen LogP contribution in [0.25, 0.3) is 33.4 Å². The van der Waals surface area contributed by atoms with E-state index in [1.165, 1.54) is 0 Å². The molecule has 0 spiro atoms. The summed E-state index contributed by atoms with van der Waals surface area (Å²) in [6.07, 6.45) is 5.68. The van der Waals surface area contributed by atoms with Crippen LogP contribution in [0, 0.1) is 0 Å². The van der Waals surface area contributed by atoms with Gasteiger partial charge in [-0.2, -0.15) is 20.1 Å². The van der Waals surface area contributed by atoms with Crippen molar-refractivity contribution in [3.63, 3.8) is 0 Å². The molecular weight excluding hydrogens is 414 g/mol. The smallest absolute Gasteiger partial charge is 0.151 e. The van der Waals surface area contributed by atoms with Crippen molar-refractivity contribution in [1.29, 1.82) is 0 Å². The molecule has 1 aliphatic rings. The van der Waals surface area contributed by atoms with E-state index < -0.39 is 0 Å². The number of fused-ring (bicyclic) bond motifs is 1. The summed E-state index contributed by atoms with van der Waals surface area (Å²) in [5, 5.41) is 29.9. The van der Waals surface area contributed by atoms with Crippen LogP contribution >= 0.6 is 0 Å². The van der Waals surface area contributed by atoms with Crippen LogP contribution in [-0.4, -0.2) is 59.6 Å². The van der Waals surface area contributed by atoms with E-state index in [-0.39, 0.29) is 11.1 Å². The molecule has 0 atom stereocenters. The third-order valence-electron chi connectivity index (χ3n) is 6.50. The standard InChI is InChI=1S/C24H31N9/c1-23(2)11-15(12-24(3,4)31-23)32(5)21-10-9-19(27-28-21)17-8-7-16(18-13-25-29-22(17)18)20-14-26-33(6)30-20/h7-10,13-15,31H,11-12H2,1-6H3,(H,25,29). The van der Waals surface area contributed by atoms with Crippen LogP contribution in [-0.2, 0) is 7.05 Å². The summed E-state index contributed by atoms with van der Waals surface area (Å²) in [5.74, 6) is 0.884. The Balaban J connectivity index is 1.44. The van der Waals surface area contributed by atoms with Gasteiger partial charge in [0.2, 0.25) is 0 Å². The summed E-state index contributed by atoms with van der Waals surface area (Å²) in [7, 11) is 3.93. The van der Waals surface area contributed by atoms with Crippen molar-refractivity contribution in [2.45, 2.75) is 57.7 Å². The zero-order valence-corrected chi connectivity index (χ0v) is 20.1. The van der Waals surface area contributed by atoms with E-state index in [4.69, 9.17) is 0 Å². The average molecular weight is 446 g/mol. The van der Waals surface area contributed by atoms with Crippen molar-refractivity contribution in [2.24, 2.45) is 7.05 Å². The lowest BCUT2D eigenvalue weighted by atomic mass is 9.79. The second kappa shape index (κ2) is 7.62. The quantitative estimate of drug-likeness (QED) is 0.495. The number of rotatable bonds is 4.